The number of carbonyl (C=O) groups is 1. The molecule has 0 saturated carbocycles. The van der Waals surface area contributed by atoms with Crippen LogP contribution in [0.15, 0.2) is 54.6 Å². The Kier molecular flexibility index (Phi) is 12.5. The number of benzene rings is 2. The molecule has 0 saturated heterocycles. The Morgan fingerprint density at radius 2 is 1.44 bits per heavy atom. The van der Waals surface area contributed by atoms with E-state index in [1.54, 1.807) is 19.1 Å². The lowest BCUT2D eigenvalue weighted by Crippen LogP contribution is -2.42. The van der Waals surface area contributed by atoms with E-state index in [-0.39, 0.29) is 17.9 Å². The predicted octanol–water partition coefficient (Wildman–Crippen LogP) is 6.51. The summed E-state index contributed by atoms with van der Waals surface area (Å²) in [5, 5.41) is 10.7. The molecule has 0 heterocycles. The van der Waals surface area contributed by atoms with Crippen molar-refractivity contribution >= 4 is 5.91 Å². The molecule has 0 fully saturated rings. The largest absolute Gasteiger partial charge is 0.497 e. The maximum Gasteiger partial charge on any atom is 0.225 e. The van der Waals surface area contributed by atoms with E-state index >= 15 is 0 Å². The topological polar surface area (TPSA) is 59.0 Å². The van der Waals surface area contributed by atoms with E-state index in [9.17, 15) is 9.90 Å². The van der Waals surface area contributed by atoms with E-state index in [1.807, 2.05) is 68.4 Å². The summed E-state index contributed by atoms with van der Waals surface area (Å²) in [5.74, 6) is 2.38. The number of nitrogens with zero attached hydrogens (tertiary/aromatic N) is 1. The molecule has 0 radical (unpaired) electrons. The molecule has 0 aliphatic heterocycles. The minimum Gasteiger partial charge on any atom is -0.497 e. The number of ether oxygens (including phenoxy) is 2. The highest BCUT2D eigenvalue weighted by Crippen LogP contribution is 2.27. The average Bonchev–Trinajstić information content (AvgIpc) is 2.87. The maximum absolute atomic E-state index is 13.1. The molecule has 6 atom stereocenters. The van der Waals surface area contributed by atoms with Gasteiger partial charge in [-0.3, -0.25) is 4.79 Å². The minimum atomic E-state index is -0.696. The summed E-state index contributed by atoms with van der Waals surface area (Å²) in [5.41, 5.74) is 1.99. The molecule has 0 aliphatic rings. The van der Waals surface area contributed by atoms with Crippen molar-refractivity contribution in [3.63, 3.8) is 0 Å². The normalized spacial score (nSPS) is 16.4. The second-order valence-electron chi connectivity index (χ2n) is 10.8. The van der Waals surface area contributed by atoms with Crippen LogP contribution >= 0.6 is 0 Å². The molecule has 1 amide bonds. The first kappa shape index (κ1) is 29.9. The molecule has 2 rings (SSSR count). The van der Waals surface area contributed by atoms with Gasteiger partial charge in [0.05, 0.1) is 25.9 Å². The Morgan fingerprint density at radius 3 is 2.06 bits per heavy atom. The van der Waals surface area contributed by atoms with Crippen molar-refractivity contribution in [3.05, 3.63) is 65.7 Å². The summed E-state index contributed by atoms with van der Waals surface area (Å²) in [6, 6.07) is 17.3. The van der Waals surface area contributed by atoms with Crippen molar-refractivity contribution in [2.75, 3.05) is 20.8 Å². The summed E-state index contributed by atoms with van der Waals surface area (Å²) >= 11 is 0. The molecule has 0 bridgehead atoms. The highest BCUT2D eigenvalue weighted by molar-refractivity contribution is 5.78. The third-order valence-corrected chi connectivity index (χ3v) is 7.17. The van der Waals surface area contributed by atoms with Crippen LogP contribution in [0.5, 0.6) is 5.75 Å². The number of amides is 1. The number of hydrogen-bond acceptors (Lipinski definition) is 4. The van der Waals surface area contributed by atoms with E-state index in [2.05, 4.69) is 20.8 Å². The van der Waals surface area contributed by atoms with Crippen molar-refractivity contribution in [2.45, 2.75) is 72.6 Å². The number of aliphatic hydroxyl groups excluding tert-OH is 1. The molecule has 5 nitrogen and oxygen atoms in total. The second kappa shape index (κ2) is 15.0. The number of carbonyl (C=O) groups excluding carboxylic acids is 1. The highest BCUT2D eigenvalue weighted by atomic mass is 16.5. The third kappa shape index (κ3) is 9.59. The molecule has 0 aliphatic carbocycles. The molecule has 1 N–H and O–H groups in total. The zero-order valence-electron chi connectivity index (χ0n) is 23.3. The molecule has 0 aromatic heterocycles. The molecule has 0 spiro atoms. The Hall–Kier alpha value is -2.37. The van der Waals surface area contributed by atoms with Crippen molar-refractivity contribution in [1.29, 1.82) is 0 Å². The summed E-state index contributed by atoms with van der Waals surface area (Å²) < 4.78 is 11.1. The average molecular weight is 498 g/mol. The number of hydrogen-bond donors (Lipinski definition) is 1. The standard InChI is InChI=1S/C31H47NO4/c1-22(18-24(3)20-36-21-27-13-15-29(35-7)16-14-27)17-23(2)19-25(4)31(34)32(6)26(5)30(33)28-11-9-8-10-12-28/h8-16,22-26,30,33H,17-21H2,1-7H3/t22-,23+,24-,25-,26+,30-/m0/s1. The summed E-state index contributed by atoms with van der Waals surface area (Å²) in [4.78, 5) is 14.8. The van der Waals surface area contributed by atoms with Gasteiger partial charge in [-0.05, 0) is 67.2 Å². The van der Waals surface area contributed by atoms with Gasteiger partial charge in [-0.2, -0.15) is 0 Å². The van der Waals surface area contributed by atoms with Crippen LogP contribution in [0.25, 0.3) is 0 Å². The fourth-order valence-corrected chi connectivity index (χ4v) is 5.13. The van der Waals surface area contributed by atoms with E-state index < -0.39 is 6.10 Å². The van der Waals surface area contributed by atoms with E-state index in [0.29, 0.717) is 24.4 Å². The van der Waals surface area contributed by atoms with E-state index in [0.717, 1.165) is 42.7 Å². The minimum absolute atomic E-state index is 0.0760. The third-order valence-electron chi connectivity index (χ3n) is 7.17. The first-order valence-electron chi connectivity index (χ1n) is 13.3. The number of rotatable bonds is 15. The quantitative estimate of drug-likeness (QED) is 0.305. The van der Waals surface area contributed by atoms with Crippen molar-refractivity contribution in [3.8, 4) is 5.75 Å². The number of methoxy groups -OCH3 is 1. The first-order valence-corrected chi connectivity index (χ1v) is 13.3. The molecule has 2 aromatic rings. The van der Waals surface area contributed by atoms with Gasteiger partial charge < -0.3 is 19.5 Å². The molecule has 36 heavy (non-hydrogen) atoms. The lowest BCUT2D eigenvalue weighted by atomic mass is 9.85. The van der Waals surface area contributed by atoms with Crippen LogP contribution in [0.2, 0.25) is 0 Å². The molecule has 0 unspecified atom stereocenters. The fourth-order valence-electron chi connectivity index (χ4n) is 5.13. The monoisotopic (exact) mass is 497 g/mol. The van der Waals surface area contributed by atoms with Gasteiger partial charge in [-0.25, -0.2) is 0 Å². The zero-order chi connectivity index (χ0) is 26.7. The van der Waals surface area contributed by atoms with Gasteiger partial charge in [0.25, 0.3) is 0 Å². The van der Waals surface area contributed by atoms with E-state index in [1.165, 1.54) is 0 Å². The summed E-state index contributed by atoms with van der Waals surface area (Å²) in [7, 11) is 3.47. The highest BCUT2D eigenvalue weighted by Gasteiger charge is 2.28. The van der Waals surface area contributed by atoms with Crippen molar-refractivity contribution in [1.82, 2.24) is 4.90 Å². The summed E-state index contributed by atoms with van der Waals surface area (Å²) in [6.45, 7) is 12.1. The Balaban J connectivity index is 1.71. The predicted molar refractivity (Wildman–Crippen MR) is 147 cm³/mol. The van der Waals surface area contributed by atoms with Crippen LogP contribution in [0.4, 0.5) is 0 Å². The van der Waals surface area contributed by atoms with Crippen LogP contribution in [0.3, 0.4) is 0 Å². The SMILES string of the molecule is COc1ccc(COC[C@@H](C)C[C@@H](C)C[C@@H](C)C[C@H](C)C(=O)N(C)[C@H](C)[C@H](O)c2ccccc2)cc1. The van der Waals surface area contributed by atoms with Gasteiger partial charge in [0, 0.05) is 19.6 Å². The van der Waals surface area contributed by atoms with Gasteiger partial charge in [0.15, 0.2) is 0 Å². The van der Waals surface area contributed by atoms with Crippen LogP contribution in [-0.4, -0.2) is 42.7 Å². The van der Waals surface area contributed by atoms with Gasteiger partial charge in [-0.1, -0.05) is 70.2 Å². The number of likely N-dealkylation sites (N-methyl/N-ethyl adjacent to an activating group) is 1. The maximum atomic E-state index is 13.1. The van der Waals surface area contributed by atoms with Gasteiger partial charge >= 0.3 is 0 Å². The Morgan fingerprint density at radius 1 is 0.861 bits per heavy atom. The van der Waals surface area contributed by atoms with Crippen molar-refractivity contribution in [2.24, 2.45) is 23.7 Å². The number of aliphatic hydroxyl groups is 1. The smallest absolute Gasteiger partial charge is 0.225 e. The lowest BCUT2D eigenvalue weighted by molar-refractivity contribution is -0.138. The van der Waals surface area contributed by atoms with Gasteiger partial charge in [0.2, 0.25) is 5.91 Å². The lowest BCUT2D eigenvalue weighted by Gasteiger charge is -2.32. The molecular weight excluding hydrogens is 450 g/mol. The second-order valence-corrected chi connectivity index (χ2v) is 10.8. The fraction of sp³-hybridized carbons (Fsp3) is 0.581. The van der Waals surface area contributed by atoms with Crippen LogP contribution < -0.4 is 4.74 Å². The zero-order valence-corrected chi connectivity index (χ0v) is 23.3. The van der Waals surface area contributed by atoms with Gasteiger partial charge in [-0.15, -0.1) is 0 Å². The molecular formula is C31H47NO4. The van der Waals surface area contributed by atoms with Crippen LogP contribution in [0, 0.1) is 23.7 Å². The van der Waals surface area contributed by atoms with Gasteiger partial charge in [0.1, 0.15) is 5.75 Å². The molecule has 5 heteroatoms. The van der Waals surface area contributed by atoms with Crippen molar-refractivity contribution < 1.29 is 19.4 Å². The van der Waals surface area contributed by atoms with Crippen LogP contribution in [0.1, 0.15) is 71.1 Å². The Labute approximate surface area is 218 Å². The first-order chi connectivity index (χ1) is 17.1. The van der Waals surface area contributed by atoms with Crippen LogP contribution in [-0.2, 0) is 16.1 Å². The summed E-state index contributed by atoms with van der Waals surface area (Å²) in [6.07, 6.45) is 2.35. The van der Waals surface area contributed by atoms with E-state index in [4.69, 9.17) is 9.47 Å². The molecule has 2 aromatic carbocycles. The Bertz CT molecular complexity index is 885. The molecule has 200 valence electrons.